The van der Waals surface area contributed by atoms with Crippen molar-refractivity contribution in [2.75, 3.05) is 43.4 Å². The third kappa shape index (κ3) is 2.42. The van der Waals surface area contributed by atoms with Crippen molar-refractivity contribution in [2.45, 2.75) is 6.92 Å². The van der Waals surface area contributed by atoms with Crippen LogP contribution < -0.4 is 15.5 Å². The summed E-state index contributed by atoms with van der Waals surface area (Å²) in [6.45, 7) is 7.99. The van der Waals surface area contributed by atoms with Crippen LogP contribution in [0.15, 0.2) is 18.2 Å². The minimum atomic E-state index is 0.707. The second-order valence-corrected chi connectivity index (χ2v) is 4.73. The highest BCUT2D eigenvalue weighted by atomic mass is 35.5. The summed E-state index contributed by atoms with van der Waals surface area (Å²) < 4.78 is 0. The van der Waals surface area contributed by atoms with Crippen molar-refractivity contribution in [3.05, 3.63) is 23.2 Å². The monoisotopic (exact) mass is 240 g/mol. The zero-order valence-corrected chi connectivity index (χ0v) is 10.4. The van der Waals surface area contributed by atoms with Gasteiger partial charge in [0.2, 0.25) is 0 Å². The van der Waals surface area contributed by atoms with E-state index in [0.29, 0.717) is 5.02 Å². The van der Waals surface area contributed by atoms with E-state index in [0.717, 1.165) is 24.5 Å². The highest BCUT2D eigenvalue weighted by molar-refractivity contribution is 6.31. The van der Waals surface area contributed by atoms with Crippen LogP contribution in [0.3, 0.4) is 0 Å². The quantitative estimate of drug-likeness (QED) is 0.745. The molecule has 0 bridgehead atoms. The molecule has 1 fully saturated rings. The Morgan fingerprint density at radius 2 is 2.06 bits per heavy atom. The summed E-state index contributed by atoms with van der Waals surface area (Å²) in [6.07, 6.45) is 0. The number of hydrogen-bond donors (Lipinski definition) is 2. The molecule has 0 amide bonds. The Labute approximate surface area is 102 Å². The van der Waals surface area contributed by atoms with Crippen LogP contribution in [-0.4, -0.2) is 32.7 Å². The molecule has 3 N–H and O–H groups in total. The van der Waals surface area contributed by atoms with Crippen molar-refractivity contribution in [3.8, 4) is 0 Å². The fourth-order valence-electron chi connectivity index (χ4n) is 2.23. The van der Waals surface area contributed by atoms with Gasteiger partial charge >= 0.3 is 0 Å². The van der Waals surface area contributed by atoms with E-state index in [9.17, 15) is 0 Å². The van der Waals surface area contributed by atoms with Crippen LogP contribution in [0.1, 0.15) is 6.92 Å². The molecule has 1 aliphatic heterocycles. The molecule has 0 unspecified atom stereocenters. The first-order valence-electron chi connectivity index (χ1n) is 5.84. The molecule has 0 radical (unpaired) electrons. The number of nitrogens with two attached hydrogens (primary N) is 1. The number of piperazine rings is 1. The molecular weight excluding hydrogens is 222 g/mol. The van der Waals surface area contributed by atoms with Gasteiger partial charge in [-0.1, -0.05) is 11.6 Å². The van der Waals surface area contributed by atoms with Gasteiger partial charge in [0.25, 0.3) is 0 Å². The Morgan fingerprint density at radius 3 is 2.62 bits per heavy atom. The highest BCUT2D eigenvalue weighted by Gasteiger charge is 2.19. The maximum Gasteiger partial charge on any atom is 0.0949 e. The third-order valence-corrected chi connectivity index (χ3v) is 3.54. The van der Waals surface area contributed by atoms with Crippen LogP contribution in [0.5, 0.6) is 0 Å². The number of likely N-dealkylation sites (N-methyl/N-ethyl adjacent to an activating group) is 1. The lowest BCUT2D eigenvalue weighted by molar-refractivity contribution is -0.898. The average molecular weight is 241 g/mol. The number of benzene rings is 1. The molecule has 1 aromatic rings. The van der Waals surface area contributed by atoms with Gasteiger partial charge in [-0.15, -0.1) is 0 Å². The summed E-state index contributed by atoms with van der Waals surface area (Å²) in [5.41, 5.74) is 7.90. The number of anilines is 2. The third-order valence-electron chi connectivity index (χ3n) is 3.30. The van der Waals surface area contributed by atoms with Crippen molar-refractivity contribution < 1.29 is 4.90 Å². The van der Waals surface area contributed by atoms with E-state index in [1.807, 2.05) is 18.2 Å². The summed E-state index contributed by atoms with van der Waals surface area (Å²) in [7, 11) is 0. The number of halogens is 1. The molecule has 1 aliphatic rings. The molecule has 1 aromatic carbocycles. The fourth-order valence-corrected chi connectivity index (χ4v) is 2.41. The van der Waals surface area contributed by atoms with E-state index in [1.165, 1.54) is 19.6 Å². The van der Waals surface area contributed by atoms with Gasteiger partial charge in [0.15, 0.2) is 0 Å². The molecule has 0 atom stereocenters. The SMILES string of the molecule is CC[NH+]1CCN(c2ccc(Cl)cc2N)CC1. The molecule has 88 valence electrons. The minimum Gasteiger partial charge on any atom is -0.397 e. The summed E-state index contributed by atoms with van der Waals surface area (Å²) in [5, 5.41) is 0.707. The first-order chi connectivity index (χ1) is 7.70. The first kappa shape index (κ1) is 11.6. The van der Waals surface area contributed by atoms with Gasteiger partial charge in [0.05, 0.1) is 44.1 Å². The lowest BCUT2D eigenvalue weighted by Crippen LogP contribution is -3.14. The van der Waals surface area contributed by atoms with Gasteiger partial charge in [-0.3, -0.25) is 0 Å². The Balaban J connectivity index is 2.08. The number of nitrogens with zero attached hydrogens (tertiary/aromatic N) is 1. The summed E-state index contributed by atoms with van der Waals surface area (Å²) in [5.74, 6) is 0. The summed E-state index contributed by atoms with van der Waals surface area (Å²) >= 11 is 5.90. The van der Waals surface area contributed by atoms with Crippen LogP contribution in [0.25, 0.3) is 0 Å². The predicted molar refractivity (Wildman–Crippen MR) is 69.3 cm³/mol. The van der Waals surface area contributed by atoms with Gasteiger partial charge in [-0.25, -0.2) is 0 Å². The van der Waals surface area contributed by atoms with Crippen LogP contribution in [-0.2, 0) is 0 Å². The van der Waals surface area contributed by atoms with E-state index in [4.69, 9.17) is 17.3 Å². The lowest BCUT2D eigenvalue weighted by atomic mass is 10.2. The van der Waals surface area contributed by atoms with E-state index in [2.05, 4.69) is 11.8 Å². The van der Waals surface area contributed by atoms with E-state index < -0.39 is 0 Å². The van der Waals surface area contributed by atoms with Crippen LogP contribution in [0.2, 0.25) is 5.02 Å². The fraction of sp³-hybridized carbons (Fsp3) is 0.500. The van der Waals surface area contributed by atoms with Crippen LogP contribution in [0, 0.1) is 0 Å². The smallest absolute Gasteiger partial charge is 0.0949 e. The number of nitrogens with one attached hydrogen (secondary N) is 1. The zero-order valence-electron chi connectivity index (χ0n) is 9.67. The van der Waals surface area contributed by atoms with E-state index in [1.54, 1.807) is 4.90 Å². The number of quaternary nitrogens is 1. The van der Waals surface area contributed by atoms with E-state index >= 15 is 0 Å². The highest BCUT2D eigenvalue weighted by Crippen LogP contribution is 2.26. The molecule has 0 aliphatic carbocycles. The van der Waals surface area contributed by atoms with Crippen molar-refractivity contribution >= 4 is 23.0 Å². The van der Waals surface area contributed by atoms with Gasteiger partial charge in [0.1, 0.15) is 0 Å². The predicted octanol–water partition coefficient (Wildman–Crippen LogP) is 0.647. The molecule has 1 heterocycles. The molecule has 3 nitrogen and oxygen atoms in total. The van der Waals surface area contributed by atoms with Gasteiger partial charge in [-0.05, 0) is 25.1 Å². The normalized spacial score (nSPS) is 17.8. The van der Waals surface area contributed by atoms with E-state index in [-0.39, 0.29) is 0 Å². The number of nitrogen functional groups attached to an aromatic ring is 1. The van der Waals surface area contributed by atoms with Gasteiger partial charge in [-0.2, -0.15) is 0 Å². The first-order valence-corrected chi connectivity index (χ1v) is 6.22. The second-order valence-electron chi connectivity index (χ2n) is 4.29. The van der Waals surface area contributed by atoms with Crippen molar-refractivity contribution in [2.24, 2.45) is 0 Å². The van der Waals surface area contributed by atoms with Gasteiger partial charge in [0, 0.05) is 5.02 Å². The Kier molecular flexibility index (Phi) is 3.56. The minimum absolute atomic E-state index is 0.707. The topological polar surface area (TPSA) is 33.7 Å². The molecule has 0 spiro atoms. The van der Waals surface area contributed by atoms with Crippen LogP contribution >= 0.6 is 11.6 Å². The molecule has 1 saturated heterocycles. The maximum atomic E-state index is 5.99. The second kappa shape index (κ2) is 4.93. The molecular formula is C12H19ClN3+. The Morgan fingerprint density at radius 1 is 1.38 bits per heavy atom. The number of hydrogen-bond acceptors (Lipinski definition) is 2. The molecule has 4 heteroatoms. The summed E-state index contributed by atoms with van der Waals surface area (Å²) in [4.78, 5) is 4.02. The van der Waals surface area contributed by atoms with Crippen molar-refractivity contribution in [1.82, 2.24) is 0 Å². The summed E-state index contributed by atoms with van der Waals surface area (Å²) in [6, 6.07) is 5.76. The zero-order chi connectivity index (χ0) is 11.5. The Bertz CT molecular complexity index is 359. The standard InChI is InChI=1S/C12H18ClN3/c1-2-15-5-7-16(8-6-15)12-4-3-10(13)9-11(12)14/h3-4,9H,2,5-8,14H2,1H3/p+1. The molecule has 0 saturated carbocycles. The molecule has 0 aromatic heterocycles. The lowest BCUT2D eigenvalue weighted by Gasteiger charge is -2.33. The molecule has 2 rings (SSSR count). The Hall–Kier alpha value is -0.930. The number of rotatable bonds is 2. The van der Waals surface area contributed by atoms with Crippen molar-refractivity contribution in [3.63, 3.8) is 0 Å². The largest absolute Gasteiger partial charge is 0.397 e. The van der Waals surface area contributed by atoms with Gasteiger partial charge < -0.3 is 15.5 Å². The van der Waals surface area contributed by atoms with Crippen molar-refractivity contribution in [1.29, 1.82) is 0 Å². The molecule has 16 heavy (non-hydrogen) atoms. The average Bonchev–Trinajstić information content (AvgIpc) is 2.29. The van der Waals surface area contributed by atoms with Crippen LogP contribution in [0.4, 0.5) is 11.4 Å². The maximum absolute atomic E-state index is 5.99.